The Labute approximate surface area is 210 Å². The van der Waals surface area contributed by atoms with Crippen molar-refractivity contribution in [1.29, 1.82) is 0 Å². The maximum atomic E-state index is 10.8. The Morgan fingerprint density at radius 3 is 1.57 bits per heavy atom. The van der Waals surface area contributed by atoms with E-state index >= 15 is 0 Å². The van der Waals surface area contributed by atoms with Crippen molar-refractivity contribution in [1.82, 2.24) is 0 Å². The number of hydrogen-bond donors (Lipinski definition) is 1. The van der Waals surface area contributed by atoms with Crippen molar-refractivity contribution in [2.75, 3.05) is 26.9 Å². The van der Waals surface area contributed by atoms with Crippen LogP contribution in [0.2, 0.25) is 0 Å². The molecule has 0 saturated carbocycles. The number of unbranched alkanes of at least 4 members (excludes halogenated alkanes) is 1. The molecule has 0 heterocycles. The van der Waals surface area contributed by atoms with E-state index in [0.29, 0.717) is 24.7 Å². The van der Waals surface area contributed by atoms with E-state index in [1.807, 2.05) is 0 Å². The average Bonchev–Trinajstić information content (AvgIpc) is 2.84. The van der Waals surface area contributed by atoms with Crippen LogP contribution in [0.5, 0.6) is 0 Å². The molecule has 35 heavy (non-hydrogen) atoms. The first-order valence-corrected chi connectivity index (χ1v) is 11.3. The molecule has 9 nitrogen and oxygen atoms in total. The van der Waals surface area contributed by atoms with E-state index in [-0.39, 0.29) is 24.5 Å². The van der Waals surface area contributed by atoms with E-state index in [1.54, 1.807) is 20.8 Å². The fourth-order valence-corrected chi connectivity index (χ4v) is 1.75. The topological polar surface area (TPSA) is 125 Å². The minimum atomic E-state index is -0.757. The minimum absolute atomic E-state index is 0.262. The van der Waals surface area contributed by atoms with Gasteiger partial charge in [0.1, 0.15) is 0 Å². The van der Waals surface area contributed by atoms with Crippen molar-refractivity contribution in [3.8, 4) is 0 Å². The fourth-order valence-electron chi connectivity index (χ4n) is 1.75. The molecule has 0 fully saturated rings. The molecular formula is C26H44O9. The number of carbonyl (C=O) groups excluding carboxylic acids is 4. The van der Waals surface area contributed by atoms with E-state index < -0.39 is 11.7 Å². The Bertz CT molecular complexity index is 649. The first-order valence-electron chi connectivity index (χ1n) is 11.3. The van der Waals surface area contributed by atoms with Gasteiger partial charge in [0.15, 0.2) is 5.76 Å². The number of aliphatic hydroxyl groups excluding tert-OH is 1. The quantitative estimate of drug-likeness (QED) is 0.170. The van der Waals surface area contributed by atoms with Crippen molar-refractivity contribution in [3.63, 3.8) is 0 Å². The van der Waals surface area contributed by atoms with Crippen molar-refractivity contribution >= 4 is 23.9 Å². The smallest absolute Gasteiger partial charge is 0.372 e. The van der Waals surface area contributed by atoms with Crippen LogP contribution in [-0.4, -0.2) is 55.9 Å². The van der Waals surface area contributed by atoms with Crippen LogP contribution in [-0.2, 0) is 38.1 Å². The van der Waals surface area contributed by atoms with Gasteiger partial charge in [-0.3, -0.25) is 0 Å². The number of aliphatic hydroxyl groups is 1. The molecule has 0 radical (unpaired) electrons. The Morgan fingerprint density at radius 1 is 0.857 bits per heavy atom. The molecule has 0 amide bonds. The maximum Gasteiger partial charge on any atom is 0.372 e. The van der Waals surface area contributed by atoms with Crippen molar-refractivity contribution < 1.29 is 43.2 Å². The van der Waals surface area contributed by atoms with E-state index in [4.69, 9.17) is 9.84 Å². The molecular weight excluding hydrogens is 456 g/mol. The number of hydrogen-bond acceptors (Lipinski definition) is 9. The summed E-state index contributed by atoms with van der Waals surface area (Å²) in [6, 6.07) is 0. The largest absolute Gasteiger partial charge is 0.502 e. The van der Waals surface area contributed by atoms with Gasteiger partial charge in [-0.25, -0.2) is 19.2 Å². The monoisotopic (exact) mass is 500 g/mol. The molecule has 0 aliphatic heterocycles. The standard InChI is InChI=1S/C11H20O2.C5H8O3.2C5H8O2/c1-4-7-8-10(5-2)9-13-11(12)6-3;1-3-8-5(7)4(2)6;1-4(2)5(6)7-3;1-3-5(6)7-4-2/h6,10H,3-5,7-9H2,1-2H3;6H,2-3H2,1H3;1H2,2-3H3;3H,1,4H2,2H3. The lowest BCUT2D eigenvalue weighted by molar-refractivity contribution is -0.141. The van der Waals surface area contributed by atoms with E-state index in [1.165, 1.54) is 26.0 Å². The average molecular weight is 501 g/mol. The summed E-state index contributed by atoms with van der Waals surface area (Å²) < 4.78 is 18.0. The molecule has 202 valence electrons. The first kappa shape index (κ1) is 38.9. The molecule has 0 spiro atoms. The lowest BCUT2D eigenvalue weighted by Crippen LogP contribution is -2.12. The van der Waals surface area contributed by atoms with Gasteiger partial charge in [-0.1, -0.05) is 52.8 Å². The summed E-state index contributed by atoms with van der Waals surface area (Å²) in [6.07, 6.45) is 6.99. The highest BCUT2D eigenvalue weighted by Crippen LogP contribution is 2.12. The van der Waals surface area contributed by atoms with Crippen molar-refractivity contribution in [2.24, 2.45) is 5.92 Å². The van der Waals surface area contributed by atoms with Crippen molar-refractivity contribution in [3.05, 3.63) is 49.8 Å². The first-order chi connectivity index (χ1) is 16.4. The highest BCUT2D eigenvalue weighted by molar-refractivity contribution is 5.86. The second-order valence-electron chi connectivity index (χ2n) is 6.65. The third-order valence-electron chi connectivity index (χ3n) is 3.67. The highest BCUT2D eigenvalue weighted by Gasteiger charge is 2.07. The highest BCUT2D eigenvalue weighted by atomic mass is 16.5. The Morgan fingerprint density at radius 2 is 1.34 bits per heavy atom. The van der Waals surface area contributed by atoms with Crippen molar-refractivity contribution in [2.45, 2.75) is 60.3 Å². The van der Waals surface area contributed by atoms with Gasteiger partial charge >= 0.3 is 23.9 Å². The zero-order valence-corrected chi connectivity index (χ0v) is 22.2. The van der Waals surface area contributed by atoms with Crippen LogP contribution in [0.1, 0.15) is 60.3 Å². The molecule has 0 aliphatic carbocycles. The van der Waals surface area contributed by atoms with E-state index in [2.05, 4.69) is 54.4 Å². The Balaban J connectivity index is -0.000000191. The molecule has 1 atom stereocenters. The summed E-state index contributed by atoms with van der Waals surface area (Å²) in [5, 5.41) is 8.28. The lowest BCUT2D eigenvalue weighted by atomic mass is 10.0. The van der Waals surface area contributed by atoms with Crippen LogP contribution in [0.15, 0.2) is 49.8 Å². The molecule has 0 aliphatic rings. The maximum absolute atomic E-state index is 10.8. The predicted octanol–water partition coefficient (Wildman–Crippen LogP) is 5.02. The molecule has 0 rings (SSSR count). The molecule has 9 heteroatoms. The summed E-state index contributed by atoms with van der Waals surface area (Å²) >= 11 is 0. The number of esters is 4. The van der Waals surface area contributed by atoms with Crippen LogP contribution in [0, 0.1) is 5.92 Å². The summed E-state index contributed by atoms with van der Waals surface area (Å²) in [5.74, 6) is -1.80. The third kappa shape index (κ3) is 32.9. The van der Waals surface area contributed by atoms with Gasteiger partial charge in [0, 0.05) is 17.7 Å². The number of carbonyl (C=O) groups is 4. The second kappa shape index (κ2) is 28.7. The molecule has 0 aromatic carbocycles. The number of ether oxygens (including phenoxy) is 4. The summed E-state index contributed by atoms with van der Waals surface area (Å²) in [5.41, 5.74) is 0.433. The number of methoxy groups -OCH3 is 1. The Kier molecular flexibility index (Phi) is 31.9. The van der Waals surface area contributed by atoms with Crippen LogP contribution >= 0.6 is 0 Å². The van der Waals surface area contributed by atoms with Crippen LogP contribution in [0.4, 0.5) is 0 Å². The summed E-state index contributed by atoms with van der Waals surface area (Å²) in [4.78, 5) is 41.2. The van der Waals surface area contributed by atoms with Gasteiger partial charge in [-0.2, -0.15) is 0 Å². The zero-order chi connectivity index (χ0) is 28.2. The van der Waals surface area contributed by atoms with Gasteiger partial charge in [-0.15, -0.1) is 0 Å². The summed E-state index contributed by atoms with van der Waals surface area (Å²) in [6.45, 7) is 23.4. The van der Waals surface area contributed by atoms with Crippen LogP contribution < -0.4 is 0 Å². The zero-order valence-electron chi connectivity index (χ0n) is 22.2. The second-order valence-corrected chi connectivity index (χ2v) is 6.65. The van der Waals surface area contributed by atoms with Gasteiger partial charge in [-0.05, 0) is 39.7 Å². The van der Waals surface area contributed by atoms with E-state index in [0.717, 1.165) is 18.9 Å². The predicted molar refractivity (Wildman–Crippen MR) is 137 cm³/mol. The molecule has 0 bridgehead atoms. The molecule has 1 unspecified atom stereocenters. The van der Waals surface area contributed by atoms with Gasteiger partial charge in [0.25, 0.3) is 0 Å². The minimum Gasteiger partial charge on any atom is -0.502 e. The van der Waals surface area contributed by atoms with Gasteiger partial charge < -0.3 is 24.1 Å². The molecule has 0 aromatic heterocycles. The normalized spacial score (nSPS) is 9.43. The Hall–Kier alpha value is -3.36. The van der Waals surface area contributed by atoms with E-state index in [9.17, 15) is 19.2 Å². The molecule has 0 aromatic rings. The van der Waals surface area contributed by atoms with Crippen LogP contribution in [0.25, 0.3) is 0 Å². The van der Waals surface area contributed by atoms with Gasteiger partial charge in [0.05, 0.1) is 26.9 Å². The summed E-state index contributed by atoms with van der Waals surface area (Å²) in [7, 11) is 1.33. The third-order valence-corrected chi connectivity index (χ3v) is 3.67. The van der Waals surface area contributed by atoms with Gasteiger partial charge in [0.2, 0.25) is 0 Å². The fraction of sp³-hybridized carbons (Fsp3) is 0.538. The molecule has 1 N–H and O–H groups in total. The molecule has 0 saturated heterocycles. The number of rotatable bonds is 12. The SMILES string of the molecule is C=C(C)C(=O)OC.C=C(O)C(=O)OCC.C=CC(=O)OCC.C=CC(=O)OCC(CC)CCCC. The van der Waals surface area contributed by atoms with Crippen LogP contribution in [0.3, 0.4) is 0 Å². The lowest BCUT2D eigenvalue weighted by Gasteiger charge is -2.13.